The molecule has 0 saturated heterocycles. The minimum absolute atomic E-state index is 0.0150. The molecule has 2 aliphatic rings. The molecule has 2 aliphatic carbocycles. The van der Waals surface area contributed by atoms with Gasteiger partial charge >= 0.3 is 6.18 Å². The van der Waals surface area contributed by atoms with Crippen molar-refractivity contribution in [1.82, 2.24) is 9.97 Å². The molecule has 126 valence electrons. The van der Waals surface area contributed by atoms with E-state index in [1.807, 2.05) is 6.07 Å². The number of carbonyl (C=O) groups is 1. The Morgan fingerprint density at radius 2 is 2.00 bits per heavy atom. The highest BCUT2D eigenvalue weighted by Gasteiger charge is 2.55. The van der Waals surface area contributed by atoms with Crippen molar-refractivity contribution in [2.24, 2.45) is 11.3 Å². The Labute approximate surface area is 137 Å². The Bertz CT molecular complexity index is 804. The topological polar surface area (TPSA) is 66.6 Å². The summed E-state index contributed by atoms with van der Waals surface area (Å²) in [7, 11) is 0. The monoisotopic (exact) mass is 335 g/mol. The van der Waals surface area contributed by atoms with Crippen LogP contribution in [0.1, 0.15) is 44.3 Å². The van der Waals surface area contributed by atoms with Gasteiger partial charge in [-0.05, 0) is 24.3 Å². The Morgan fingerprint density at radius 3 is 2.58 bits per heavy atom. The quantitative estimate of drug-likeness (QED) is 0.729. The normalized spacial score (nSPS) is 28.5. The van der Waals surface area contributed by atoms with E-state index in [2.05, 4.69) is 9.97 Å². The molecule has 0 unspecified atom stereocenters. The maximum atomic E-state index is 13.0. The molecular formula is C17H16F3N3O. The van der Waals surface area contributed by atoms with E-state index in [9.17, 15) is 23.2 Å². The van der Waals surface area contributed by atoms with Gasteiger partial charge in [0.2, 0.25) is 5.82 Å². The number of fused-ring (bicyclic) bond motifs is 3. The number of aromatic nitrogens is 2. The van der Waals surface area contributed by atoms with Crippen LogP contribution in [0.4, 0.5) is 13.2 Å². The molecule has 0 saturated carbocycles. The minimum Gasteiger partial charge on any atom is -0.293 e. The van der Waals surface area contributed by atoms with E-state index in [0.29, 0.717) is 18.4 Å². The summed E-state index contributed by atoms with van der Waals surface area (Å²) in [5, 5.41) is 9.28. The van der Waals surface area contributed by atoms with Crippen LogP contribution in [0.15, 0.2) is 17.8 Å². The molecule has 4 nitrogen and oxygen atoms in total. The minimum atomic E-state index is -4.64. The van der Waals surface area contributed by atoms with E-state index in [0.717, 1.165) is 0 Å². The summed E-state index contributed by atoms with van der Waals surface area (Å²) in [4.78, 5) is 19.7. The van der Waals surface area contributed by atoms with Crippen molar-refractivity contribution in [2.75, 3.05) is 0 Å². The zero-order chi connectivity index (χ0) is 17.9. The lowest BCUT2D eigenvalue weighted by Gasteiger charge is -2.50. The van der Waals surface area contributed by atoms with Crippen molar-refractivity contribution < 1.29 is 18.0 Å². The zero-order valence-electron chi connectivity index (χ0n) is 13.5. The fourth-order valence-corrected chi connectivity index (χ4v) is 4.19. The molecule has 0 bridgehead atoms. The maximum absolute atomic E-state index is 13.0. The fraction of sp³-hybridized carbons (Fsp3) is 0.529. The first-order chi connectivity index (χ1) is 11.0. The molecule has 0 fully saturated rings. The number of Topliss-reactive ketones (excluding diaryl/α,β-unsaturated/α-hetero) is 1. The van der Waals surface area contributed by atoms with Gasteiger partial charge in [-0.2, -0.15) is 18.4 Å². The van der Waals surface area contributed by atoms with Crippen LogP contribution in [0.25, 0.3) is 0 Å². The van der Waals surface area contributed by atoms with Crippen molar-refractivity contribution in [3.05, 3.63) is 34.9 Å². The van der Waals surface area contributed by atoms with Crippen LogP contribution in [-0.2, 0) is 22.8 Å². The number of nitrogens with zero attached hydrogens (tertiary/aromatic N) is 3. The van der Waals surface area contributed by atoms with E-state index < -0.39 is 22.8 Å². The first kappa shape index (κ1) is 16.6. The number of allylic oxidation sites excluding steroid dienone is 2. The first-order valence-corrected chi connectivity index (χ1v) is 7.63. The van der Waals surface area contributed by atoms with Crippen LogP contribution in [-0.4, -0.2) is 15.8 Å². The van der Waals surface area contributed by atoms with E-state index in [-0.39, 0.29) is 23.0 Å². The van der Waals surface area contributed by atoms with Crippen LogP contribution in [0.5, 0.6) is 0 Å². The Kier molecular flexibility index (Phi) is 3.38. The molecule has 0 amide bonds. The predicted octanol–water partition coefficient (Wildman–Crippen LogP) is 3.37. The number of carbonyl (C=O) groups excluding carboxylic acids is 1. The van der Waals surface area contributed by atoms with Gasteiger partial charge in [0, 0.05) is 17.0 Å². The Balaban J connectivity index is 2.27. The van der Waals surface area contributed by atoms with Crippen molar-refractivity contribution in [2.45, 2.75) is 45.2 Å². The molecule has 1 aromatic rings. The summed E-state index contributed by atoms with van der Waals surface area (Å²) in [6, 6.07) is 1.89. The molecule has 0 spiro atoms. The highest BCUT2D eigenvalue weighted by atomic mass is 19.4. The smallest absolute Gasteiger partial charge is 0.293 e. The van der Waals surface area contributed by atoms with E-state index >= 15 is 0 Å². The number of aryl methyl sites for hydroxylation is 1. The SMILES string of the molecule is CC1(C)C(=O)C(C#N)=C[C@]2(C)c3nc(C(F)(F)F)ncc3CC[C@@H]12. The average Bonchev–Trinajstić information content (AvgIpc) is 2.50. The molecule has 0 N–H and O–H groups in total. The van der Waals surface area contributed by atoms with Gasteiger partial charge in [0.1, 0.15) is 6.07 Å². The standard InChI is InChI=1S/C17H16F3N3O/c1-15(2)11-5-4-9-8-22-14(17(18,19)20)23-12(9)16(11,3)6-10(7-21)13(15)24/h6,8,11H,4-5H2,1-3H3/t11-,16-/m0/s1. The Morgan fingerprint density at radius 1 is 1.33 bits per heavy atom. The molecule has 24 heavy (non-hydrogen) atoms. The Hall–Kier alpha value is -2.23. The van der Waals surface area contributed by atoms with Gasteiger partial charge < -0.3 is 0 Å². The molecule has 0 radical (unpaired) electrons. The van der Waals surface area contributed by atoms with Gasteiger partial charge in [0.05, 0.1) is 11.3 Å². The summed E-state index contributed by atoms with van der Waals surface area (Å²) in [5.41, 5.74) is -0.845. The second-order valence-corrected chi connectivity index (χ2v) is 7.16. The fourth-order valence-electron chi connectivity index (χ4n) is 4.19. The van der Waals surface area contributed by atoms with E-state index in [1.165, 1.54) is 12.3 Å². The summed E-state index contributed by atoms with van der Waals surface area (Å²) >= 11 is 0. The van der Waals surface area contributed by atoms with Crippen LogP contribution >= 0.6 is 0 Å². The largest absolute Gasteiger partial charge is 0.451 e. The lowest BCUT2D eigenvalue weighted by molar-refractivity contribution is -0.145. The van der Waals surface area contributed by atoms with Crippen LogP contribution in [0.3, 0.4) is 0 Å². The molecule has 3 rings (SSSR count). The third-order valence-electron chi connectivity index (χ3n) is 5.32. The summed E-state index contributed by atoms with van der Waals surface area (Å²) in [6.07, 6.45) is -0.779. The third kappa shape index (κ3) is 2.16. The lowest BCUT2D eigenvalue weighted by Crippen LogP contribution is -2.51. The highest BCUT2D eigenvalue weighted by molar-refractivity contribution is 6.04. The van der Waals surface area contributed by atoms with Crippen molar-refractivity contribution in [1.29, 1.82) is 5.26 Å². The van der Waals surface area contributed by atoms with Crippen LogP contribution in [0, 0.1) is 22.7 Å². The summed E-state index contributed by atoms with van der Waals surface area (Å²) in [5.74, 6) is -1.68. The molecule has 0 aliphatic heterocycles. The summed E-state index contributed by atoms with van der Waals surface area (Å²) < 4.78 is 39.1. The molecule has 2 atom stereocenters. The van der Waals surface area contributed by atoms with E-state index in [1.54, 1.807) is 20.8 Å². The van der Waals surface area contributed by atoms with Crippen molar-refractivity contribution in [3.8, 4) is 6.07 Å². The average molecular weight is 335 g/mol. The second kappa shape index (κ2) is 4.88. The molecule has 1 aromatic heterocycles. The highest BCUT2D eigenvalue weighted by Crippen LogP contribution is 2.54. The zero-order valence-corrected chi connectivity index (χ0v) is 13.5. The van der Waals surface area contributed by atoms with Crippen molar-refractivity contribution >= 4 is 5.78 Å². The second-order valence-electron chi connectivity index (χ2n) is 7.16. The summed E-state index contributed by atoms with van der Waals surface area (Å²) in [6.45, 7) is 5.26. The molecular weight excluding hydrogens is 319 g/mol. The van der Waals surface area contributed by atoms with Crippen molar-refractivity contribution in [3.63, 3.8) is 0 Å². The number of halogens is 3. The van der Waals surface area contributed by atoms with Gasteiger partial charge in [0.15, 0.2) is 5.78 Å². The number of ketones is 1. The number of rotatable bonds is 0. The first-order valence-electron chi connectivity index (χ1n) is 7.63. The van der Waals surface area contributed by atoms with Crippen LogP contribution < -0.4 is 0 Å². The number of hydrogen-bond acceptors (Lipinski definition) is 4. The van der Waals surface area contributed by atoms with E-state index in [4.69, 9.17) is 0 Å². The number of hydrogen-bond donors (Lipinski definition) is 0. The van der Waals surface area contributed by atoms with Crippen LogP contribution in [0.2, 0.25) is 0 Å². The molecule has 7 heteroatoms. The van der Waals surface area contributed by atoms with Gasteiger partial charge in [-0.3, -0.25) is 4.79 Å². The van der Waals surface area contributed by atoms with Gasteiger partial charge in [-0.1, -0.05) is 26.8 Å². The third-order valence-corrected chi connectivity index (χ3v) is 5.32. The van der Waals surface area contributed by atoms with Gasteiger partial charge in [-0.25, -0.2) is 9.97 Å². The number of nitriles is 1. The maximum Gasteiger partial charge on any atom is 0.451 e. The molecule has 1 heterocycles. The lowest BCUT2D eigenvalue weighted by atomic mass is 9.52. The predicted molar refractivity (Wildman–Crippen MR) is 78.7 cm³/mol. The number of alkyl halides is 3. The molecule has 0 aromatic carbocycles. The van der Waals surface area contributed by atoms with Gasteiger partial charge in [0.25, 0.3) is 0 Å². The van der Waals surface area contributed by atoms with Gasteiger partial charge in [-0.15, -0.1) is 0 Å².